The van der Waals surface area contributed by atoms with Gasteiger partial charge in [0.2, 0.25) is 0 Å². The van der Waals surface area contributed by atoms with Crippen LogP contribution in [0.3, 0.4) is 0 Å². The summed E-state index contributed by atoms with van der Waals surface area (Å²) in [5.74, 6) is 1.71. The first-order valence-corrected chi connectivity index (χ1v) is 11.4. The molecule has 0 fully saturated rings. The van der Waals surface area contributed by atoms with Crippen LogP contribution in [0.5, 0.6) is 0 Å². The maximum Gasteiger partial charge on any atom is 0.451 e. The van der Waals surface area contributed by atoms with Crippen molar-refractivity contribution in [2.45, 2.75) is 78.0 Å². The topological polar surface area (TPSA) is 101 Å². The van der Waals surface area contributed by atoms with Gasteiger partial charge < -0.3 is 18.9 Å². The first kappa shape index (κ1) is 28.4. The Labute approximate surface area is 188 Å². The maximum atomic E-state index is 10.3. The lowest BCUT2D eigenvalue weighted by atomic mass is 9.83. The van der Waals surface area contributed by atoms with Crippen molar-refractivity contribution >= 4 is 35.6 Å². The molecule has 2 aromatic rings. The van der Waals surface area contributed by atoms with Crippen molar-refractivity contribution in [1.82, 2.24) is 0 Å². The highest BCUT2D eigenvalue weighted by Gasteiger charge is 2.03. The van der Waals surface area contributed by atoms with Crippen LogP contribution in [0.15, 0.2) is 37.8 Å². The fraction of sp³-hybridized carbons (Fsp3) is 0.545. The fourth-order valence-corrected chi connectivity index (χ4v) is 2.78. The Balaban J connectivity index is 0.000000438. The van der Waals surface area contributed by atoms with Crippen molar-refractivity contribution in [1.29, 1.82) is 0 Å². The summed E-state index contributed by atoms with van der Waals surface area (Å²) in [4.78, 5) is 20.2. The van der Waals surface area contributed by atoms with E-state index in [9.17, 15) is 9.59 Å². The standard InChI is InChI=1S/C11H16O2.C6H15BO2.C5H3BrO2/c1-2-3-4-5-6-10-7-8-11(9-12)13-10;1-2-3-4-5-6-7(8)9;6-5-2-1-4(3-7)8-5/h7-9H,2-6H2,1H3;8-9H,2-6H2,1H3;1-3H. The van der Waals surface area contributed by atoms with Crippen molar-refractivity contribution in [3.63, 3.8) is 0 Å². The average Bonchev–Trinajstić information content (AvgIpc) is 3.38. The van der Waals surface area contributed by atoms with Crippen LogP contribution in [0.1, 0.15) is 92.1 Å². The highest BCUT2D eigenvalue weighted by Crippen LogP contribution is 2.12. The van der Waals surface area contributed by atoms with Gasteiger partial charge in [-0.05, 0) is 52.9 Å². The third kappa shape index (κ3) is 16.2. The van der Waals surface area contributed by atoms with E-state index in [1.165, 1.54) is 32.1 Å². The van der Waals surface area contributed by atoms with Crippen molar-refractivity contribution < 1.29 is 28.5 Å². The molecule has 0 spiro atoms. The maximum absolute atomic E-state index is 10.3. The quantitative estimate of drug-likeness (QED) is 0.214. The number of aldehydes is 2. The minimum Gasteiger partial charge on any atom is -0.458 e. The van der Waals surface area contributed by atoms with E-state index in [0.29, 0.717) is 28.8 Å². The predicted octanol–water partition coefficient (Wildman–Crippen LogP) is 6.11. The molecule has 0 aromatic carbocycles. The van der Waals surface area contributed by atoms with Crippen molar-refractivity contribution in [2.75, 3.05) is 0 Å². The summed E-state index contributed by atoms with van der Waals surface area (Å²) in [6.07, 6.45) is 12.3. The molecular weight excluding hydrogens is 451 g/mol. The molecule has 0 unspecified atom stereocenters. The summed E-state index contributed by atoms with van der Waals surface area (Å²) in [6, 6.07) is 6.87. The summed E-state index contributed by atoms with van der Waals surface area (Å²) in [5, 5.41) is 16.8. The Morgan fingerprint density at radius 3 is 1.83 bits per heavy atom. The smallest absolute Gasteiger partial charge is 0.451 e. The van der Waals surface area contributed by atoms with E-state index in [1.807, 2.05) is 6.07 Å². The van der Waals surface area contributed by atoms with Crippen molar-refractivity contribution in [2.24, 2.45) is 0 Å². The minimum absolute atomic E-state index is 0.344. The molecule has 30 heavy (non-hydrogen) atoms. The lowest BCUT2D eigenvalue weighted by Crippen LogP contribution is -2.09. The Kier molecular flexibility index (Phi) is 18.3. The number of furan rings is 2. The minimum atomic E-state index is -1.10. The third-order valence-corrected chi connectivity index (χ3v) is 4.53. The van der Waals surface area contributed by atoms with E-state index in [2.05, 4.69) is 29.8 Å². The van der Waals surface area contributed by atoms with Gasteiger partial charge >= 0.3 is 7.12 Å². The van der Waals surface area contributed by atoms with Crippen molar-refractivity contribution in [3.05, 3.63) is 46.2 Å². The van der Waals surface area contributed by atoms with Gasteiger partial charge in [0.25, 0.3) is 0 Å². The van der Waals surface area contributed by atoms with Gasteiger partial charge in [-0.3, -0.25) is 9.59 Å². The number of aryl methyl sites for hydroxylation is 1. The molecule has 2 heterocycles. The normalized spacial score (nSPS) is 9.77. The Hall–Kier alpha value is -1.64. The number of carbonyl (C=O) groups excluding carboxylic acids is 2. The second-order valence-corrected chi connectivity index (χ2v) is 7.60. The number of hydrogen-bond acceptors (Lipinski definition) is 6. The van der Waals surface area contributed by atoms with Crippen LogP contribution in [0.25, 0.3) is 0 Å². The monoisotopic (exact) mass is 484 g/mol. The molecule has 0 aliphatic heterocycles. The van der Waals surface area contributed by atoms with Crippen molar-refractivity contribution in [3.8, 4) is 0 Å². The Morgan fingerprint density at radius 1 is 0.833 bits per heavy atom. The van der Waals surface area contributed by atoms with Crippen LogP contribution in [0, 0.1) is 0 Å². The zero-order valence-corrected chi connectivity index (χ0v) is 19.6. The summed E-state index contributed by atoms with van der Waals surface area (Å²) in [7, 11) is -1.10. The van der Waals surface area contributed by atoms with Gasteiger partial charge in [0.1, 0.15) is 5.76 Å². The SMILES string of the molecule is CCCCCCB(O)O.CCCCCCc1ccc(C=O)o1.O=Cc1ccc(Br)o1. The first-order valence-electron chi connectivity index (χ1n) is 10.6. The van der Waals surface area contributed by atoms with Gasteiger partial charge in [0.15, 0.2) is 28.8 Å². The van der Waals surface area contributed by atoms with E-state index >= 15 is 0 Å². The number of carbonyl (C=O) groups is 2. The number of unbranched alkanes of at least 4 members (excludes halogenated alkanes) is 6. The molecular formula is C22H34BBrO6. The molecule has 2 N–H and O–H groups in total. The molecule has 0 aliphatic rings. The molecule has 0 saturated heterocycles. The van der Waals surface area contributed by atoms with Gasteiger partial charge in [-0.2, -0.15) is 0 Å². The van der Waals surface area contributed by atoms with Crippen LogP contribution in [0.2, 0.25) is 6.32 Å². The molecule has 168 valence electrons. The molecule has 0 aliphatic carbocycles. The highest BCUT2D eigenvalue weighted by molar-refractivity contribution is 9.10. The second kappa shape index (κ2) is 19.3. The summed E-state index contributed by atoms with van der Waals surface area (Å²) in [6.45, 7) is 4.33. The number of halogens is 1. The number of rotatable bonds is 12. The van der Waals surface area contributed by atoms with E-state index in [0.717, 1.165) is 37.7 Å². The fourth-order valence-electron chi connectivity index (χ4n) is 2.46. The van der Waals surface area contributed by atoms with Gasteiger partial charge in [-0.1, -0.05) is 58.8 Å². The summed E-state index contributed by atoms with van der Waals surface area (Å²) in [5.41, 5.74) is 0. The molecule has 6 nitrogen and oxygen atoms in total. The molecule has 2 aromatic heterocycles. The third-order valence-electron chi connectivity index (χ3n) is 4.10. The molecule has 2 rings (SSSR count). The predicted molar refractivity (Wildman–Crippen MR) is 123 cm³/mol. The second-order valence-electron chi connectivity index (χ2n) is 6.82. The molecule has 0 atom stereocenters. The van der Waals surface area contributed by atoms with Crippen LogP contribution in [0.4, 0.5) is 0 Å². The van der Waals surface area contributed by atoms with Crippen LogP contribution >= 0.6 is 15.9 Å². The van der Waals surface area contributed by atoms with Crippen LogP contribution in [-0.2, 0) is 6.42 Å². The number of hydrogen-bond donors (Lipinski definition) is 2. The average molecular weight is 485 g/mol. The van der Waals surface area contributed by atoms with Gasteiger partial charge in [0, 0.05) is 6.42 Å². The molecule has 0 bridgehead atoms. The summed E-state index contributed by atoms with van der Waals surface area (Å²) < 4.78 is 10.6. The van der Waals surface area contributed by atoms with Gasteiger partial charge in [-0.25, -0.2) is 0 Å². The molecule has 0 radical (unpaired) electrons. The van der Waals surface area contributed by atoms with E-state index in [-0.39, 0.29) is 0 Å². The molecule has 0 saturated carbocycles. The van der Waals surface area contributed by atoms with E-state index < -0.39 is 7.12 Å². The van der Waals surface area contributed by atoms with Crippen LogP contribution in [-0.4, -0.2) is 29.7 Å². The Bertz CT molecular complexity index is 668. The summed E-state index contributed by atoms with van der Waals surface area (Å²) >= 11 is 3.05. The molecule has 8 heteroatoms. The largest absolute Gasteiger partial charge is 0.458 e. The zero-order chi connectivity index (χ0) is 22.6. The van der Waals surface area contributed by atoms with E-state index in [1.54, 1.807) is 18.2 Å². The zero-order valence-electron chi connectivity index (χ0n) is 18.0. The molecule has 0 amide bonds. The van der Waals surface area contributed by atoms with E-state index in [4.69, 9.17) is 18.9 Å². The van der Waals surface area contributed by atoms with Gasteiger partial charge in [0.05, 0.1) is 0 Å². The van der Waals surface area contributed by atoms with Gasteiger partial charge in [-0.15, -0.1) is 0 Å². The lowest BCUT2D eigenvalue weighted by molar-refractivity contribution is 0.109. The first-order chi connectivity index (χ1) is 14.5. The Morgan fingerprint density at radius 2 is 1.40 bits per heavy atom. The highest BCUT2D eigenvalue weighted by atomic mass is 79.9. The van der Waals surface area contributed by atoms with Crippen LogP contribution < -0.4 is 0 Å². The lowest BCUT2D eigenvalue weighted by Gasteiger charge is -1.96.